The predicted molar refractivity (Wildman–Crippen MR) is 296 cm³/mol. The molecule has 2 aliphatic carbocycles. The van der Waals surface area contributed by atoms with E-state index in [0.29, 0.717) is 0 Å². The number of aromatic nitrogens is 2. The summed E-state index contributed by atoms with van der Waals surface area (Å²) in [5, 5.41) is 12.7. The molecule has 11 aromatic carbocycles. The molecule has 2 aliphatic rings. The van der Waals surface area contributed by atoms with Crippen LogP contribution in [-0.2, 0) is 10.8 Å². The van der Waals surface area contributed by atoms with Crippen LogP contribution < -0.4 is 0 Å². The van der Waals surface area contributed by atoms with E-state index in [-0.39, 0.29) is 10.8 Å². The van der Waals surface area contributed by atoms with Gasteiger partial charge < -0.3 is 8.97 Å². The maximum absolute atomic E-state index is 2.60. The predicted octanol–water partition coefficient (Wildman–Crippen LogP) is 18.2. The van der Waals surface area contributed by atoms with E-state index in [9.17, 15) is 0 Å². The molecule has 0 saturated heterocycles. The second-order valence-corrected chi connectivity index (χ2v) is 21.3. The van der Waals surface area contributed by atoms with Crippen molar-refractivity contribution in [2.45, 2.75) is 38.5 Å². The topological polar surface area (TPSA) is 9.34 Å². The molecule has 3 aromatic heterocycles. The van der Waals surface area contributed by atoms with Gasteiger partial charge in [-0.25, -0.2) is 0 Å². The molecule has 16 rings (SSSR count). The Kier molecular flexibility index (Phi) is 7.26. The number of fused-ring (bicyclic) bond motifs is 18. The molecule has 0 atom stereocenters. The number of nitrogens with zero attached hydrogens (tertiary/aromatic N) is 2. The Morgan fingerprint density at radius 2 is 0.786 bits per heavy atom. The Morgan fingerprint density at radius 3 is 1.41 bits per heavy atom. The fraction of sp³-hybridized carbons (Fsp3) is 0.0882. The van der Waals surface area contributed by atoms with Crippen LogP contribution in [0, 0.1) is 0 Å². The van der Waals surface area contributed by atoms with Gasteiger partial charge in [0.1, 0.15) is 0 Å². The third-order valence-electron chi connectivity index (χ3n) is 17.0. The van der Waals surface area contributed by atoms with Gasteiger partial charge in [0.25, 0.3) is 0 Å². The molecule has 2 heteroatoms. The minimum absolute atomic E-state index is 0.0569. The minimum atomic E-state index is -0.0602. The number of hydrogen-bond acceptors (Lipinski definition) is 0. The van der Waals surface area contributed by atoms with Crippen molar-refractivity contribution in [1.29, 1.82) is 0 Å². The highest BCUT2D eigenvalue weighted by Crippen LogP contribution is 2.52. The maximum Gasteiger partial charge on any atom is 0.0642 e. The van der Waals surface area contributed by atoms with Gasteiger partial charge >= 0.3 is 0 Å². The molecule has 0 fully saturated rings. The molecule has 0 radical (unpaired) electrons. The summed E-state index contributed by atoms with van der Waals surface area (Å²) in [7, 11) is 0. The number of rotatable bonds is 3. The zero-order valence-electron chi connectivity index (χ0n) is 39.5. The van der Waals surface area contributed by atoms with Crippen LogP contribution in [0.25, 0.3) is 132 Å². The van der Waals surface area contributed by atoms with Crippen LogP contribution in [0.5, 0.6) is 0 Å². The van der Waals surface area contributed by atoms with E-state index in [4.69, 9.17) is 0 Å². The van der Waals surface area contributed by atoms with Crippen molar-refractivity contribution >= 4 is 81.4 Å². The normalized spacial score (nSPS) is 14.5. The van der Waals surface area contributed by atoms with E-state index in [1.807, 2.05) is 0 Å². The van der Waals surface area contributed by atoms with Crippen molar-refractivity contribution < 1.29 is 0 Å². The van der Waals surface area contributed by atoms with Gasteiger partial charge in [0.2, 0.25) is 0 Å². The molecule has 0 saturated carbocycles. The zero-order valence-corrected chi connectivity index (χ0v) is 39.5. The van der Waals surface area contributed by atoms with Gasteiger partial charge in [-0.2, -0.15) is 0 Å². The molecular weight excluding hydrogens is 845 g/mol. The van der Waals surface area contributed by atoms with E-state index < -0.39 is 0 Å². The minimum Gasteiger partial charge on any atom is -0.309 e. The third kappa shape index (κ3) is 4.88. The van der Waals surface area contributed by atoms with Crippen molar-refractivity contribution in [3.05, 3.63) is 229 Å². The monoisotopic (exact) mass is 890 g/mol. The second-order valence-electron chi connectivity index (χ2n) is 21.3. The quantitative estimate of drug-likeness (QED) is 0.167. The average Bonchev–Trinajstić information content (AvgIpc) is 4.14. The molecule has 0 aliphatic heterocycles. The summed E-state index contributed by atoms with van der Waals surface area (Å²) in [4.78, 5) is 0. The van der Waals surface area contributed by atoms with E-state index in [0.717, 1.165) is 0 Å². The highest BCUT2D eigenvalue weighted by Gasteiger charge is 2.37. The number of benzene rings is 11. The molecule has 3 heterocycles. The van der Waals surface area contributed by atoms with Gasteiger partial charge in [0.15, 0.2) is 0 Å². The van der Waals surface area contributed by atoms with Crippen molar-refractivity contribution in [3.63, 3.8) is 0 Å². The van der Waals surface area contributed by atoms with Gasteiger partial charge in [-0.3, -0.25) is 0 Å². The lowest BCUT2D eigenvalue weighted by molar-refractivity contribution is 0.660. The van der Waals surface area contributed by atoms with E-state index >= 15 is 0 Å². The first-order valence-electron chi connectivity index (χ1n) is 24.8. The molecule has 0 spiro atoms. The molecule has 0 unspecified atom stereocenters. The van der Waals surface area contributed by atoms with Gasteiger partial charge in [-0.15, -0.1) is 0 Å². The van der Waals surface area contributed by atoms with Crippen molar-refractivity contribution in [2.75, 3.05) is 0 Å². The molecule has 70 heavy (non-hydrogen) atoms. The average molecular weight is 891 g/mol. The summed E-state index contributed by atoms with van der Waals surface area (Å²) in [5.74, 6) is 0. The number of hydrogen-bond donors (Lipinski definition) is 0. The summed E-state index contributed by atoms with van der Waals surface area (Å²) in [6.45, 7) is 9.48. The molecule has 0 amide bonds. The standard InChI is InChI=1S/C68H46N2/c1-67(2)57-19-11-8-16-48(57)50-28-26-43(34-59(50)67)39-22-24-41-32-53-55-38-54-52-18-10-13-21-61(52)69(47-14-6-5-7-15-47)65(54)64-56-33-42-25-23-40(31-46(42)37-63(56)70(66(55)64)62(53)36-45(41)30-39)44-27-29-51-49-17-9-12-20-58(49)68(3,4)60(51)35-44/h5-38H,1-4H3. The highest BCUT2D eigenvalue weighted by molar-refractivity contribution is 6.35. The second kappa shape index (κ2) is 13.2. The molecule has 0 N–H and O–H groups in total. The lowest BCUT2D eigenvalue weighted by atomic mass is 9.81. The SMILES string of the molecule is CC1(C)c2ccccc2-c2ccc(-c3ccc4cc5c6cc7c8ccccc8n(-c8ccccc8)c7c7c8cc9ccc(-c%10ccc%11c(c%10)C(C)(C)c%10ccccc%10-%11)cc9cc8n(c5cc4c3)c67)cc21. The highest BCUT2D eigenvalue weighted by atomic mass is 15.0. The Balaban J connectivity index is 0.959. The molecule has 0 bridgehead atoms. The lowest BCUT2D eigenvalue weighted by Crippen LogP contribution is -2.14. The summed E-state index contributed by atoms with van der Waals surface area (Å²) in [5.41, 5.74) is 23.3. The summed E-state index contributed by atoms with van der Waals surface area (Å²) in [6, 6.07) is 78.6. The van der Waals surface area contributed by atoms with Crippen LogP contribution in [0.3, 0.4) is 0 Å². The van der Waals surface area contributed by atoms with Gasteiger partial charge in [0, 0.05) is 48.8 Å². The number of para-hydroxylation sites is 2. The van der Waals surface area contributed by atoms with Crippen LogP contribution >= 0.6 is 0 Å². The Morgan fingerprint density at radius 1 is 0.300 bits per heavy atom. The summed E-state index contributed by atoms with van der Waals surface area (Å²) >= 11 is 0. The van der Waals surface area contributed by atoms with Gasteiger partial charge in [-0.1, -0.05) is 161 Å². The summed E-state index contributed by atoms with van der Waals surface area (Å²) in [6.07, 6.45) is 0. The Hall–Kier alpha value is -8.46. The fourth-order valence-electron chi connectivity index (χ4n) is 13.5. The maximum atomic E-state index is 2.60. The largest absolute Gasteiger partial charge is 0.309 e. The van der Waals surface area contributed by atoms with Crippen LogP contribution in [0.1, 0.15) is 49.9 Å². The van der Waals surface area contributed by atoms with Gasteiger partial charge in [0.05, 0.1) is 27.6 Å². The fourth-order valence-corrected chi connectivity index (χ4v) is 13.5. The Labute approximate surface area is 405 Å². The van der Waals surface area contributed by atoms with Crippen LogP contribution in [0.15, 0.2) is 206 Å². The first-order chi connectivity index (χ1) is 34.2. The molecule has 2 nitrogen and oxygen atoms in total. The first kappa shape index (κ1) is 38.5. The first-order valence-corrected chi connectivity index (χ1v) is 24.8. The summed E-state index contributed by atoms with van der Waals surface area (Å²) < 4.78 is 5.11. The van der Waals surface area contributed by atoms with E-state index in [1.54, 1.807) is 0 Å². The molecule has 328 valence electrons. The van der Waals surface area contributed by atoms with Crippen molar-refractivity contribution in [1.82, 2.24) is 8.97 Å². The van der Waals surface area contributed by atoms with Crippen LogP contribution in [0.4, 0.5) is 0 Å². The lowest BCUT2D eigenvalue weighted by Gasteiger charge is -2.22. The van der Waals surface area contributed by atoms with E-state index in [1.165, 1.54) is 154 Å². The Bertz CT molecular complexity index is 4630. The zero-order chi connectivity index (χ0) is 46.4. The van der Waals surface area contributed by atoms with Crippen LogP contribution in [-0.4, -0.2) is 8.97 Å². The van der Waals surface area contributed by atoms with Crippen molar-refractivity contribution in [3.8, 4) is 50.2 Å². The van der Waals surface area contributed by atoms with Crippen LogP contribution in [0.2, 0.25) is 0 Å². The smallest absolute Gasteiger partial charge is 0.0642 e. The molecule has 14 aromatic rings. The third-order valence-corrected chi connectivity index (χ3v) is 17.0. The van der Waals surface area contributed by atoms with Crippen molar-refractivity contribution in [2.24, 2.45) is 0 Å². The van der Waals surface area contributed by atoms with E-state index in [2.05, 4.69) is 243 Å². The van der Waals surface area contributed by atoms with Gasteiger partial charge in [-0.05, 0) is 161 Å². The molecular formula is C68H46N2.